The highest BCUT2D eigenvalue weighted by atomic mass is 14.1. The van der Waals surface area contributed by atoms with Crippen LogP contribution in [0.1, 0.15) is 40.5 Å². The predicted molar refractivity (Wildman–Crippen MR) is 51.3 cm³/mol. The first-order valence-electron chi connectivity index (χ1n) is 4.17. The topological polar surface area (TPSA) is 0 Å². The van der Waals surface area contributed by atoms with Gasteiger partial charge in [0.2, 0.25) is 0 Å². The van der Waals surface area contributed by atoms with E-state index in [1.54, 1.807) is 0 Å². The number of rotatable bonds is 3. The molecule has 62 valence electrons. The zero-order valence-electron chi connectivity index (χ0n) is 8.07. The maximum atomic E-state index is 3.20. The average Bonchev–Trinajstić information content (AvgIpc) is 1.87. The zero-order valence-corrected chi connectivity index (χ0v) is 8.07. The van der Waals surface area contributed by atoms with Gasteiger partial charge < -0.3 is 0 Å². The minimum atomic E-state index is 0.189. The molecule has 0 aromatic carbocycles. The molecule has 0 amide bonds. The van der Waals surface area contributed by atoms with Crippen molar-refractivity contribution in [2.75, 3.05) is 0 Å². The van der Waals surface area contributed by atoms with Crippen LogP contribution < -0.4 is 0 Å². The summed E-state index contributed by atoms with van der Waals surface area (Å²) in [6.45, 7) is 8.33. The third kappa shape index (κ3) is 5.73. The Bertz CT molecular complexity index is 174. The first kappa shape index (κ1) is 10.3. The molecule has 0 aliphatic rings. The molecule has 0 radical (unpaired) electrons. The predicted octanol–water partition coefficient (Wildman–Crippen LogP) is 3.39. The van der Waals surface area contributed by atoms with Crippen LogP contribution in [0.25, 0.3) is 0 Å². The van der Waals surface area contributed by atoms with Crippen LogP contribution in [0.5, 0.6) is 0 Å². The molecule has 0 nitrogen and oxygen atoms in total. The van der Waals surface area contributed by atoms with Crippen molar-refractivity contribution in [3.05, 3.63) is 12.2 Å². The molecule has 0 aromatic rings. The van der Waals surface area contributed by atoms with Crippen molar-refractivity contribution < 1.29 is 0 Å². The van der Waals surface area contributed by atoms with Gasteiger partial charge in [-0.05, 0) is 40.5 Å². The van der Waals surface area contributed by atoms with Gasteiger partial charge in [-0.25, -0.2) is 0 Å². The van der Waals surface area contributed by atoms with Crippen LogP contribution in [-0.4, -0.2) is 0 Å². The highest BCUT2D eigenvalue weighted by Gasteiger charge is 2.11. The van der Waals surface area contributed by atoms with Crippen molar-refractivity contribution in [1.29, 1.82) is 0 Å². The van der Waals surface area contributed by atoms with Gasteiger partial charge >= 0.3 is 0 Å². The van der Waals surface area contributed by atoms with E-state index in [-0.39, 0.29) is 5.41 Å². The Hall–Kier alpha value is -0.700. The maximum Gasteiger partial charge on any atom is 0.0261 e. The van der Waals surface area contributed by atoms with Crippen LogP contribution in [0.4, 0.5) is 0 Å². The van der Waals surface area contributed by atoms with Crippen molar-refractivity contribution in [3.63, 3.8) is 0 Å². The van der Waals surface area contributed by atoms with Gasteiger partial charge in [0.1, 0.15) is 0 Å². The fourth-order valence-corrected chi connectivity index (χ4v) is 1.01. The summed E-state index contributed by atoms with van der Waals surface area (Å²) < 4.78 is 0. The summed E-state index contributed by atoms with van der Waals surface area (Å²) in [5, 5.41) is 0. The van der Waals surface area contributed by atoms with E-state index in [0.29, 0.717) is 0 Å². The Morgan fingerprint density at radius 2 is 2.00 bits per heavy atom. The van der Waals surface area contributed by atoms with Gasteiger partial charge in [0, 0.05) is 5.41 Å². The SMILES string of the molecule is CC#CC(C)(C)CC/C=C\C. The van der Waals surface area contributed by atoms with E-state index in [4.69, 9.17) is 0 Å². The first-order chi connectivity index (χ1) is 5.12. The van der Waals surface area contributed by atoms with Crippen LogP contribution in [0.3, 0.4) is 0 Å². The third-order valence-electron chi connectivity index (χ3n) is 1.64. The van der Waals surface area contributed by atoms with Crippen LogP contribution in [0, 0.1) is 17.3 Å². The maximum absolute atomic E-state index is 3.20. The Kier molecular flexibility index (Phi) is 4.70. The van der Waals surface area contributed by atoms with Gasteiger partial charge in [-0.15, -0.1) is 5.92 Å². The molecule has 0 heteroatoms. The largest absolute Gasteiger partial charge is 0.106 e. The molecule has 0 saturated carbocycles. The van der Waals surface area contributed by atoms with Crippen LogP contribution in [0.2, 0.25) is 0 Å². The monoisotopic (exact) mass is 150 g/mol. The summed E-state index contributed by atoms with van der Waals surface area (Å²) in [7, 11) is 0. The smallest absolute Gasteiger partial charge is 0.0261 e. The fourth-order valence-electron chi connectivity index (χ4n) is 1.01. The molecular formula is C11H18. The Balaban J connectivity index is 3.79. The summed E-state index contributed by atoms with van der Waals surface area (Å²) in [4.78, 5) is 0. The average molecular weight is 150 g/mol. The summed E-state index contributed by atoms with van der Waals surface area (Å²) in [6, 6.07) is 0. The number of hydrogen-bond donors (Lipinski definition) is 0. The van der Waals surface area contributed by atoms with Gasteiger partial charge in [0.05, 0.1) is 0 Å². The molecular weight excluding hydrogens is 132 g/mol. The second-order valence-electron chi connectivity index (χ2n) is 3.37. The lowest BCUT2D eigenvalue weighted by Gasteiger charge is -2.15. The van der Waals surface area contributed by atoms with E-state index in [1.807, 2.05) is 6.92 Å². The van der Waals surface area contributed by atoms with Crippen molar-refractivity contribution >= 4 is 0 Å². The molecule has 0 rings (SSSR count). The van der Waals surface area contributed by atoms with Gasteiger partial charge in [-0.2, -0.15) is 0 Å². The minimum absolute atomic E-state index is 0.189. The molecule has 0 fully saturated rings. The molecule has 11 heavy (non-hydrogen) atoms. The molecule has 0 unspecified atom stereocenters. The molecule has 0 heterocycles. The van der Waals surface area contributed by atoms with Gasteiger partial charge in [-0.1, -0.05) is 18.1 Å². The highest BCUT2D eigenvalue weighted by molar-refractivity contribution is 5.07. The molecule has 0 spiro atoms. The van der Waals surface area contributed by atoms with Crippen molar-refractivity contribution in [1.82, 2.24) is 0 Å². The summed E-state index contributed by atoms with van der Waals surface area (Å²) >= 11 is 0. The van der Waals surface area contributed by atoms with Gasteiger partial charge in [-0.3, -0.25) is 0 Å². The van der Waals surface area contributed by atoms with Gasteiger partial charge in [0.15, 0.2) is 0 Å². The van der Waals surface area contributed by atoms with Crippen LogP contribution >= 0.6 is 0 Å². The highest BCUT2D eigenvalue weighted by Crippen LogP contribution is 2.20. The van der Waals surface area contributed by atoms with Crippen molar-refractivity contribution in [3.8, 4) is 11.8 Å². The Labute approximate surface area is 70.7 Å². The lowest BCUT2D eigenvalue weighted by atomic mass is 9.88. The summed E-state index contributed by atoms with van der Waals surface area (Å²) in [5.74, 6) is 6.16. The second kappa shape index (κ2) is 5.02. The quantitative estimate of drug-likeness (QED) is 0.427. The third-order valence-corrected chi connectivity index (χ3v) is 1.64. The summed E-state index contributed by atoms with van der Waals surface area (Å²) in [6.07, 6.45) is 6.57. The van der Waals surface area contributed by atoms with Crippen LogP contribution in [-0.2, 0) is 0 Å². The standard InChI is InChI=1S/C11H18/c1-5-7-8-10-11(3,4)9-6-2/h5,7H,8,10H2,1-4H3/b7-5-. The molecule has 0 saturated heterocycles. The number of hydrogen-bond acceptors (Lipinski definition) is 0. The lowest BCUT2D eigenvalue weighted by Crippen LogP contribution is -2.06. The van der Waals surface area contributed by atoms with Crippen LogP contribution in [0.15, 0.2) is 12.2 Å². The Morgan fingerprint density at radius 3 is 2.45 bits per heavy atom. The zero-order chi connectivity index (χ0) is 8.74. The molecule has 0 bridgehead atoms. The molecule has 0 aliphatic heterocycles. The summed E-state index contributed by atoms with van der Waals surface area (Å²) in [5.41, 5.74) is 0.189. The van der Waals surface area contributed by atoms with E-state index in [0.717, 1.165) is 12.8 Å². The van der Waals surface area contributed by atoms with Crippen molar-refractivity contribution in [2.45, 2.75) is 40.5 Å². The molecule has 0 aliphatic carbocycles. The van der Waals surface area contributed by atoms with E-state index in [1.165, 1.54) is 0 Å². The fraction of sp³-hybridized carbons (Fsp3) is 0.636. The van der Waals surface area contributed by atoms with E-state index >= 15 is 0 Å². The lowest BCUT2D eigenvalue weighted by molar-refractivity contribution is 0.463. The molecule has 0 N–H and O–H groups in total. The minimum Gasteiger partial charge on any atom is -0.106 e. The van der Waals surface area contributed by atoms with Gasteiger partial charge in [0.25, 0.3) is 0 Å². The first-order valence-corrected chi connectivity index (χ1v) is 4.17. The number of allylic oxidation sites excluding steroid dienone is 2. The molecule has 0 atom stereocenters. The van der Waals surface area contributed by atoms with E-state index in [9.17, 15) is 0 Å². The second-order valence-corrected chi connectivity index (χ2v) is 3.37. The molecule has 0 aromatic heterocycles. The van der Waals surface area contributed by atoms with E-state index in [2.05, 4.69) is 44.8 Å². The van der Waals surface area contributed by atoms with Crippen molar-refractivity contribution in [2.24, 2.45) is 5.41 Å². The normalized spacial score (nSPS) is 11.3. The Morgan fingerprint density at radius 1 is 1.36 bits per heavy atom. The van der Waals surface area contributed by atoms with E-state index < -0.39 is 0 Å².